The maximum absolute atomic E-state index is 12.3. The van der Waals surface area contributed by atoms with Gasteiger partial charge in [0.05, 0.1) is 17.2 Å². The minimum atomic E-state index is 0.00630. The summed E-state index contributed by atoms with van der Waals surface area (Å²) in [4.78, 5) is 14.2. The Kier molecular flexibility index (Phi) is 5.18. The summed E-state index contributed by atoms with van der Waals surface area (Å²) >= 11 is 3.58. The van der Waals surface area contributed by atoms with E-state index in [1.165, 1.54) is 0 Å². The summed E-state index contributed by atoms with van der Waals surface area (Å²) in [5.41, 5.74) is 0. The molecule has 0 unspecified atom stereocenters. The van der Waals surface area contributed by atoms with E-state index in [1.54, 1.807) is 0 Å². The van der Waals surface area contributed by atoms with E-state index in [1.807, 2.05) is 41.3 Å². The molecule has 0 aromatic heterocycles. The molecule has 1 fully saturated rings. The van der Waals surface area contributed by atoms with Crippen molar-refractivity contribution in [1.29, 1.82) is 0 Å². The van der Waals surface area contributed by atoms with E-state index in [0.717, 1.165) is 21.7 Å². The first-order valence-corrected chi connectivity index (χ1v) is 8.67. The van der Waals surface area contributed by atoms with E-state index in [2.05, 4.69) is 22.9 Å². The van der Waals surface area contributed by atoms with Gasteiger partial charge in [0.25, 0.3) is 5.91 Å². The van der Waals surface area contributed by atoms with Gasteiger partial charge in [-0.05, 0) is 39.2 Å². The molecule has 4 nitrogen and oxygen atoms in total. The molecule has 0 saturated carbocycles. The van der Waals surface area contributed by atoms with Crippen LogP contribution in [-0.4, -0.2) is 43.2 Å². The van der Waals surface area contributed by atoms with Gasteiger partial charge in [-0.15, -0.1) is 0 Å². The van der Waals surface area contributed by atoms with E-state index in [4.69, 9.17) is 9.47 Å². The smallest absolute Gasteiger partial charge is 0.260 e. The lowest BCUT2D eigenvalue weighted by Gasteiger charge is -2.32. The summed E-state index contributed by atoms with van der Waals surface area (Å²) < 4.78 is 12.2. The third kappa shape index (κ3) is 3.67. The lowest BCUT2D eigenvalue weighted by Crippen LogP contribution is -2.47. The van der Waals surface area contributed by atoms with Crippen molar-refractivity contribution in [2.45, 2.75) is 19.4 Å². The molecule has 2 aromatic rings. The highest BCUT2D eigenvalue weighted by Crippen LogP contribution is 2.33. The zero-order valence-electron chi connectivity index (χ0n) is 13.1. The van der Waals surface area contributed by atoms with Crippen molar-refractivity contribution in [1.82, 2.24) is 4.90 Å². The van der Waals surface area contributed by atoms with E-state index >= 15 is 0 Å². The number of carbonyl (C=O) groups excluding carboxylic acids is 1. The van der Waals surface area contributed by atoms with Crippen molar-refractivity contribution in [2.24, 2.45) is 0 Å². The van der Waals surface area contributed by atoms with Crippen LogP contribution in [0.3, 0.4) is 0 Å². The van der Waals surface area contributed by atoms with Crippen molar-refractivity contribution < 1.29 is 14.3 Å². The molecule has 3 rings (SSSR count). The van der Waals surface area contributed by atoms with Gasteiger partial charge >= 0.3 is 0 Å². The second-order valence-electron chi connectivity index (χ2n) is 5.63. The van der Waals surface area contributed by atoms with Gasteiger partial charge in [0, 0.05) is 13.1 Å². The lowest BCUT2D eigenvalue weighted by atomic mass is 10.1. The quantitative estimate of drug-likeness (QED) is 0.816. The first-order valence-electron chi connectivity index (χ1n) is 7.88. The normalized spacial score (nSPS) is 18.2. The van der Waals surface area contributed by atoms with Crippen molar-refractivity contribution in [3.05, 3.63) is 40.9 Å². The molecule has 23 heavy (non-hydrogen) atoms. The summed E-state index contributed by atoms with van der Waals surface area (Å²) in [6.45, 7) is 4.01. The van der Waals surface area contributed by atoms with Crippen molar-refractivity contribution >= 4 is 32.6 Å². The van der Waals surface area contributed by atoms with E-state index in [0.29, 0.717) is 25.4 Å². The Morgan fingerprint density at radius 2 is 2.17 bits per heavy atom. The fourth-order valence-corrected chi connectivity index (χ4v) is 3.36. The van der Waals surface area contributed by atoms with E-state index in [9.17, 15) is 4.79 Å². The molecule has 122 valence electrons. The van der Waals surface area contributed by atoms with Gasteiger partial charge in [-0.2, -0.15) is 0 Å². The number of fused-ring (bicyclic) bond motifs is 1. The zero-order valence-corrected chi connectivity index (χ0v) is 14.7. The lowest BCUT2D eigenvalue weighted by molar-refractivity contribution is -0.141. The number of benzene rings is 2. The van der Waals surface area contributed by atoms with Crippen molar-refractivity contribution in [3.63, 3.8) is 0 Å². The monoisotopic (exact) mass is 377 g/mol. The minimum absolute atomic E-state index is 0.00630. The third-order valence-corrected chi connectivity index (χ3v) is 4.94. The molecule has 0 spiro atoms. The van der Waals surface area contributed by atoms with E-state index < -0.39 is 0 Å². The van der Waals surface area contributed by atoms with Gasteiger partial charge in [-0.25, -0.2) is 0 Å². The van der Waals surface area contributed by atoms with Gasteiger partial charge in [-0.1, -0.05) is 37.3 Å². The number of rotatable bonds is 4. The fourth-order valence-electron chi connectivity index (χ4n) is 2.75. The number of carbonyl (C=O) groups is 1. The first kappa shape index (κ1) is 16.3. The molecule has 5 heteroatoms. The highest BCUT2D eigenvalue weighted by atomic mass is 79.9. The number of morpholine rings is 1. The summed E-state index contributed by atoms with van der Waals surface area (Å²) in [6.07, 6.45) is 1.06. The molecule has 0 bridgehead atoms. The van der Waals surface area contributed by atoms with Crippen LogP contribution < -0.4 is 4.74 Å². The second-order valence-corrected chi connectivity index (χ2v) is 6.42. The van der Waals surface area contributed by atoms with Crippen LogP contribution in [0.15, 0.2) is 40.9 Å². The molecule has 2 aromatic carbocycles. The SMILES string of the molecule is CC[C@H]1CN(C(=O)COc2ccc3ccccc3c2Br)CCO1. The van der Waals surface area contributed by atoms with Gasteiger partial charge in [0.1, 0.15) is 5.75 Å². The number of amides is 1. The minimum Gasteiger partial charge on any atom is -0.483 e. The number of hydrogen-bond acceptors (Lipinski definition) is 3. The van der Waals surface area contributed by atoms with Crippen LogP contribution in [0.4, 0.5) is 0 Å². The highest BCUT2D eigenvalue weighted by molar-refractivity contribution is 9.10. The molecule has 1 amide bonds. The molecule has 1 saturated heterocycles. The largest absolute Gasteiger partial charge is 0.483 e. The van der Waals surface area contributed by atoms with Crippen LogP contribution in [0.25, 0.3) is 10.8 Å². The number of ether oxygens (including phenoxy) is 2. The maximum atomic E-state index is 12.3. The summed E-state index contributed by atoms with van der Waals surface area (Å²) in [5, 5.41) is 2.21. The summed E-state index contributed by atoms with van der Waals surface area (Å²) in [7, 11) is 0. The maximum Gasteiger partial charge on any atom is 0.260 e. The summed E-state index contributed by atoms with van der Waals surface area (Å²) in [6, 6.07) is 12.0. The van der Waals surface area contributed by atoms with Gasteiger partial charge in [0.2, 0.25) is 0 Å². The highest BCUT2D eigenvalue weighted by Gasteiger charge is 2.23. The summed E-state index contributed by atoms with van der Waals surface area (Å²) in [5.74, 6) is 0.698. The Labute approximate surface area is 144 Å². The third-order valence-electron chi connectivity index (χ3n) is 4.13. The topological polar surface area (TPSA) is 38.8 Å². The predicted molar refractivity (Wildman–Crippen MR) is 93.8 cm³/mol. The molecule has 1 aliphatic heterocycles. The second kappa shape index (κ2) is 7.32. The zero-order chi connectivity index (χ0) is 16.2. The molecular formula is C18H20BrNO3. The van der Waals surface area contributed by atoms with Crippen molar-refractivity contribution in [3.8, 4) is 5.75 Å². The van der Waals surface area contributed by atoms with Crippen LogP contribution >= 0.6 is 15.9 Å². The standard InChI is InChI=1S/C18H20BrNO3/c1-2-14-11-20(9-10-22-14)17(21)12-23-16-8-7-13-5-3-4-6-15(13)18(16)19/h3-8,14H,2,9-12H2,1H3/t14-/m0/s1. The number of hydrogen-bond donors (Lipinski definition) is 0. The molecule has 1 atom stereocenters. The van der Waals surface area contributed by atoms with Crippen LogP contribution in [0.5, 0.6) is 5.75 Å². The predicted octanol–water partition coefficient (Wildman–Crippen LogP) is 3.62. The number of halogens is 1. The van der Waals surface area contributed by atoms with Gasteiger partial charge in [-0.3, -0.25) is 4.79 Å². The van der Waals surface area contributed by atoms with Gasteiger partial charge < -0.3 is 14.4 Å². The van der Waals surface area contributed by atoms with E-state index in [-0.39, 0.29) is 18.6 Å². The molecular weight excluding hydrogens is 358 g/mol. The van der Waals surface area contributed by atoms with Crippen LogP contribution in [-0.2, 0) is 9.53 Å². The van der Waals surface area contributed by atoms with Gasteiger partial charge in [0.15, 0.2) is 6.61 Å². The Bertz CT molecular complexity index is 704. The average molecular weight is 378 g/mol. The molecule has 0 aliphatic carbocycles. The Morgan fingerprint density at radius 3 is 3.00 bits per heavy atom. The Balaban J connectivity index is 1.66. The molecule has 0 N–H and O–H groups in total. The first-order chi connectivity index (χ1) is 11.2. The molecule has 1 heterocycles. The van der Waals surface area contributed by atoms with Crippen molar-refractivity contribution in [2.75, 3.05) is 26.3 Å². The Hall–Kier alpha value is -1.59. The molecule has 0 radical (unpaired) electrons. The molecule has 1 aliphatic rings. The fraction of sp³-hybridized carbons (Fsp3) is 0.389. The van der Waals surface area contributed by atoms with Crippen LogP contribution in [0.1, 0.15) is 13.3 Å². The van der Waals surface area contributed by atoms with Crippen LogP contribution in [0, 0.1) is 0 Å². The van der Waals surface area contributed by atoms with Crippen LogP contribution in [0.2, 0.25) is 0 Å². The Morgan fingerprint density at radius 1 is 1.35 bits per heavy atom. The average Bonchev–Trinajstić information content (AvgIpc) is 2.61. The number of nitrogens with zero attached hydrogens (tertiary/aromatic N) is 1.